The van der Waals surface area contributed by atoms with E-state index in [1.165, 1.54) is 24.3 Å². The molecule has 2 aromatic rings. The fraction of sp³-hybridized carbons (Fsp3) is 0.200. The first-order chi connectivity index (χ1) is 9.88. The van der Waals surface area contributed by atoms with Gasteiger partial charge in [-0.15, -0.1) is 0 Å². The van der Waals surface area contributed by atoms with E-state index in [9.17, 15) is 14.5 Å². The van der Waals surface area contributed by atoms with Crippen LogP contribution in [0.3, 0.4) is 0 Å². The Morgan fingerprint density at radius 2 is 1.90 bits per heavy atom. The number of nitrogens with one attached hydrogen (secondary N) is 1. The number of nitro groups is 1. The standard InChI is InChI=1S/C15H14ClFN2O2/c1-9-7-15(19(20)21)13(16)8-14(9)18-10(2)11-3-5-12(17)6-4-11/h3-8,10,18H,1-2H3. The van der Waals surface area contributed by atoms with Crippen LogP contribution >= 0.6 is 11.6 Å². The zero-order valence-electron chi connectivity index (χ0n) is 11.6. The molecule has 0 amide bonds. The summed E-state index contributed by atoms with van der Waals surface area (Å²) < 4.78 is 12.9. The van der Waals surface area contributed by atoms with Gasteiger partial charge in [0.1, 0.15) is 10.8 Å². The number of halogens is 2. The van der Waals surface area contributed by atoms with Crippen LogP contribution in [0.5, 0.6) is 0 Å². The van der Waals surface area contributed by atoms with E-state index in [1.807, 2.05) is 6.92 Å². The summed E-state index contributed by atoms with van der Waals surface area (Å²) in [6.07, 6.45) is 0. The Kier molecular flexibility index (Phi) is 4.43. The molecule has 1 N–H and O–H groups in total. The molecule has 2 rings (SSSR count). The van der Waals surface area contributed by atoms with Crippen molar-refractivity contribution in [2.45, 2.75) is 19.9 Å². The average Bonchev–Trinajstić information content (AvgIpc) is 2.42. The molecule has 0 fully saturated rings. The van der Waals surface area contributed by atoms with Gasteiger partial charge in [-0.2, -0.15) is 0 Å². The maximum atomic E-state index is 12.9. The van der Waals surface area contributed by atoms with Crippen LogP contribution in [0.15, 0.2) is 36.4 Å². The van der Waals surface area contributed by atoms with Crippen LogP contribution in [0.2, 0.25) is 5.02 Å². The van der Waals surface area contributed by atoms with Crippen molar-refractivity contribution in [2.75, 3.05) is 5.32 Å². The number of aryl methyl sites for hydroxylation is 1. The quantitative estimate of drug-likeness (QED) is 0.647. The SMILES string of the molecule is Cc1cc([N+](=O)[O-])c(Cl)cc1NC(C)c1ccc(F)cc1. The van der Waals surface area contributed by atoms with E-state index in [1.54, 1.807) is 19.1 Å². The number of nitro benzene ring substituents is 1. The summed E-state index contributed by atoms with van der Waals surface area (Å²) in [4.78, 5) is 10.3. The Labute approximate surface area is 126 Å². The minimum atomic E-state index is -0.511. The first-order valence-electron chi connectivity index (χ1n) is 6.35. The van der Waals surface area contributed by atoms with Gasteiger partial charge in [0, 0.05) is 17.8 Å². The van der Waals surface area contributed by atoms with Gasteiger partial charge in [0.2, 0.25) is 0 Å². The molecule has 0 aliphatic heterocycles. The minimum absolute atomic E-state index is 0.0816. The third kappa shape index (κ3) is 3.49. The van der Waals surface area contributed by atoms with Crippen molar-refractivity contribution < 1.29 is 9.31 Å². The predicted molar refractivity (Wildman–Crippen MR) is 81.3 cm³/mol. The highest BCUT2D eigenvalue weighted by Crippen LogP contribution is 2.32. The van der Waals surface area contributed by atoms with Crippen LogP contribution < -0.4 is 5.32 Å². The fourth-order valence-corrected chi connectivity index (χ4v) is 2.26. The van der Waals surface area contributed by atoms with E-state index in [4.69, 9.17) is 11.6 Å². The maximum absolute atomic E-state index is 12.9. The third-order valence-electron chi connectivity index (χ3n) is 3.23. The molecule has 6 heteroatoms. The normalized spacial score (nSPS) is 12.0. The minimum Gasteiger partial charge on any atom is -0.378 e. The molecule has 0 bridgehead atoms. The molecule has 1 unspecified atom stereocenters. The molecule has 0 heterocycles. The van der Waals surface area contributed by atoms with Crippen molar-refractivity contribution in [2.24, 2.45) is 0 Å². The highest BCUT2D eigenvalue weighted by molar-refractivity contribution is 6.33. The van der Waals surface area contributed by atoms with Crippen LogP contribution in [-0.2, 0) is 0 Å². The summed E-state index contributed by atoms with van der Waals surface area (Å²) in [7, 11) is 0. The monoisotopic (exact) mass is 308 g/mol. The lowest BCUT2D eigenvalue weighted by Gasteiger charge is -2.17. The Bertz CT molecular complexity index is 674. The largest absolute Gasteiger partial charge is 0.378 e. The van der Waals surface area contributed by atoms with Crippen molar-refractivity contribution in [3.05, 3.63) is 68.5 Å². The van der Waals surface area contributed by atoms with Crippen LogP contribution in [-0.4, -0.2) is 4.92 Å². The van der Waals surface area contributed by atoms with Gasteiger partial charge in [-0.3, -0.25) is 10.1 Å². The van der Waals surface area contributed by atoms with Crippen LogP contribution in [0, 0.1) is 22.9 Å². The zero-order valence-corrected chi connectivity index (χ0v) is 12.3. The summed E-state index contributed by atoms with van der Waals surface area (Å²) in [5.74, 6) is -0.291. The van der Waals surface area contributed by atoms with Gasteiger partial charge in [0.25, 0.3) is 5.69 Å². The van der Waals surface area contributed by atoms with Crippen molar-refractivity contribution >= 4 is 23.0 Å². The number of nitrogens with zero attached hydrogens (tertiary/aromatic N) is 1. The molecular formula is C15H14ClFN2O2. The molecule has 0 aromatic heterocycles. The Morgan fingerprint density at radius 1 is 1.29 bits per heavy atom. The lowest BCUT2D eigenvalue weighted by molar-refractivity contribution is -0.384. The van der Waals surface area contributed by atoms with Gasteiger partial charge in [-0.25, -0.2) is 4.39 Å². The van der Waals surface area contributed by atoms with Crippen molar-refractivity contribution in [1.82, 2.24) is 0 Å². The van der Waals surface area contributed by atoms with Crippen molar-refractivity contribution in [1.29, 1.82) is 0 Å². The molecule has 2 aromatic carbocycles. The van der Waals surface area contributed by atoms with Gasteiger partial charge in [-0.1, -0.05) is 23.7 Å². The van der Waals surface area contributed by atoms with E-state index in [0.29, 0.717) is 5.69 Å². The van der Waals surface area contributed by atoms with Gasteiger partial charge in [0.05, 0.1) is 4.92 Å². The molecule has 0 saturated heterocycles. The summed E-state index contributed by atoms with van der Waals surface area (Å²) in [6, 6.07) is 9.05. The first kappa shape index (κ1) is 15.3. The number of hydrogen-bond donors (Lipinski definition) is 1. The number of benzene rings is 2. The van der Waals surface area contributed by atoms with Crippen molar-refractivity contribution in [3.63, 3.8) is 0 Å². The number of hydrogen-bond acceptors (Lipinski definition) is 3. The smallest absolute Gasteiger partial charge is 0.288 e. The molecule has 0 spiro atoms. The predicted octanol–water partition coefficient (Wildman–Crippen LogP) is 4.87. The zero-order chi connectivity index (χ0) is 15.6. The molecule has 0 aliphatic rings. The lowest BCUT2D eigenvalue weighted by atomic mass is 10.1. The van der Waals surface area contributed by atoms with E-state index in [0.717, 1.165) is 11.1 Å². The van der Waals surface area contributed by atoms with Gasteiger partial charge in [0.15, 0.2) is 0 Å². The summed E-state index contributed by atoms with van der Waals surface area (Å²) in [6.45, 7) is 3.69. The Hall–Kier alpha value is -2.14. The molecule has 21 heavy (non-hydrogen) atoms. The second kappa shape index (κ2) is 6.10. The van der Waals surface area contributed by atoms with E-state index >= 15 is 0 Å². The number of anilines is 1. The summed E-state index contributed by atoms with van der Waals surface area (Å²) >= 11 is 5.92. The van der Waals surface area contributed by atoms with Gasteiger partial charge < -0.3 is 5.32 Å². The first-order valence-corrected chi connectivity index (χ1v) is 6.73. The Balaban J connectivity index is 2.25. The molecule has 110 valence electrons. The van der Waals surface area contributed by atoms with Crippen LogP contribution in [0.1, 0.15) is 24.1 Å². The van der Waals surface area contributed by atoms with E-state index in [-0.39, 0.29) is 22.6 Å². The second-order valence-electron chi connectivity index (χ2n) is 4.79. The second-order valence-corrected chi connectivity index (χ2v) is 5.20. The molecule has 1 atom stereocenters. The molecular weight excluding hydrogens is 295 g/mol. The maximum Gasteiger partial charge on any atom is 0.288 e. The summed E-state index contributed by atoms with van der Waals surface area (Å²) in [5, 5.41) is 14.1. The number of rotatable bonds is 4. The summed E-state index contributed by atoms with van der Waals surface area (Å²) in [5.41, 5.74) is 2.22. The van der Waals surface area contributed by atoms with Crippen molar-refractivity contribution in [3.8, 4) is 0 Å². The third-order valence-corrected chi connectivity index (χ3v) is 3.54. The van der Waals surface area contributed by atoms with E-state index < -0.39 is 4.92 Å². The average molecular weight is 309 g/mol. The highest BCUT2D eigenvalue weighted by Gasteiger charge is 2.16. The fourth-order valence-electron chi connectivity index (χ4n) is 2.03. The van der Waals surface area contributed by atoms with Gasteiger partial charge in [-0.05, 0) is 43.2 Å². The molecule has 4 nitrogen and oxygen atoms in total. The van der Waals surface area contributed by atoms with Crippen LogP contribution in [0.25, 0.3) is 0 Å². The Morgan fingerprint density at radius 3 is 2.48 bits per heavy atom. The topological polar surface area (TPSA) is 55.2 Å². The van der Waals surface area contributed by atoms with Crippen LogP contribution in [0.4, 0.5) is 15.8 Å². The molecule has 0 saturated carbocycles. The molecule has 0 radical (unpaired) electrons. The van der Waals surface area contributed by atoms with E-state index in [2.05, 4.69) is 5.32 Å². The molecule has 0 aliphatic carbocycles. The van der Waals surface area contributed by atoms with Gasteiger partial charge >= 0.3 is 0 Å². The highest BCUT2D eigenvalue weighted by atomic mass is 35.5. The lowest BCUT2D eigenvalue weighted by Crippen LogP contribution is -2.08.